The number of nitrogen functional groups attached to an aromatic ring is 1. The molecule has 2 rings (SSSR count). The normalized spacial score (nSPS) is 12.4. The van der Waals surface area contributed by atoms with Crippen molar-refractivity contribution in [2.75, 3.05) is 12.8 Å². The molecule has 2 aromatic rings. The van der Waals surface area contributed by atoms with Crippen LogP contribution in [0.1, 0.15) is 30.7 Å². The standard InChI is InChI=1S/C14H19N3O2/c1-3-8-17-13(12(19-2)9-16-17)14(18)10-4-6-11(15)7-5-10/h4-7,9,14,18H,3,8,15H2,1-2H3. The molecule has 19 heavy (non-hydrogen) atoms. The predicted octanol–water partition coefficient (Wildman–Crippen LogP) is 1.97. The van der Waals surface area contributed by atoms with Crippen molar-refractivity contribution in [3.05, 3.63) is 41.7 Å². The molecule has 1 aromatic carbocycles. The van der Waals surface area contributed by atoms with Crippen molar-refractivity contribution in [2.45, 2.75) is 26.0 Å². The van der Waals surface area contributed by atoms with Crippen molar-refractivity contribution < 1.29 is 9.84 Å². The third kappa shape index (κ3) is 2.71. The number of benzene rings is 1. The Labute approximate surface area is 112 Å². The van der Waals surface area contributed by atoms with Crippen molar-refractivity contribution in [3.8, 4) is 5.75 Å². The maximum Gasteiger partial charge on any atom is 0.163 e. The molecule has 102 valence electrons. The van der Waals surface area contributed by atoms with Crippen LogP contribution in [0, 0.1) is 0 Å². The smallest absolute Gasteiger partial charge is 0.163 e. The van der Waals surface area contributed by atoms with Gasteiger partial charge in [-0.15, -0.1) is 0 Å². The topological polar surface area (TPSA) is 73.3 Å². The van der Waals surface area contributed by atoms with Gasteiger partial charge in [-0.25, -0.2) is 0 Å². The van der Waals surface area contributed by atoms with Crippen LogP contribution in [0.3, 0.4) is 0 Å². The molecule has 1 aromatic heterocycles. The summed E-state index contributed by atoms with van der Waals surface area (Å²) >= 11 is 0. The van der Waals surface area contributed by atoms with Crippen molar-refractivity contribution in [3.63, 3.8) is 0 Å². The van der Waals surface area contributed by atoms with E-state index in [1.807, 2.05) is 12.1 Å². The highest BCUT2D eigenvalue weighted by molar-refractivity contribution is 5.42. The molecule has 3 N–H and O–H groups in total. The van der Waals surface area contributed by atoms with Gasteiger partial charge in [0.15, 0.2) is 5.75 Å². The minimum absolute atomic E-state index is 0.595. The highest BCUT2D eigenvalue weighted by atomic mass is 16.5. The number of methoxy groups -OCH3 is 1. The molecule has 1 unspecified atom stereocenters. The van der Waals surface area contributed by atoms with E-state index in [4.69, 9.17) is 10.5 Å². The molecule has 5 nitrogen and oxygen atoms in total. The highest BCUT2D eigenvalue weighted by Crippen LogP contribution is 2.30. The lowest BCUT2D eigenvalue weighted by molar-refractivity contribution is 0.202. The summed E-state index contributed by atoms with van der Waals surface area (Å²) in [5.41, 5.74) is 7.77. The number of aromatic nitrogens is 2. The Morgan fingerprint density at radius 1 is 1.37 bits per heavy atom. The van der Waals surface area contributed by atoms with Crippen LogP contribution in [0.5, 0.6) is 5.75 Å². The van der Waals surface area contributed by atoms with Gasteiger partial charge in [0.05, 0.1) is 13.3 Å². The van der Waals surface area contributed by atoms with Gasteiger partial charge in [-0.1, -0.05) is 19.1 Å². The molecule has 5 heteroatoms. The van der Waals surface area contributed by atoms with E-state index < -0.39 is 6.10 Å². The van der Waals surface area contributed by atoms with Crippen molar-refractivity contribution in [1.82, 2.24) is 9.78 Å². The quantitative estimate of drug-likeness (QED) is 0.807. The molecule has 0 spiro atoms. The van der Waals surface area contributed by atoms with Crippen LogP contribution < -0.4 is 10.5 Å². The van der Waals surface area contributed by atoms with Gasteiger partial charge in [-0.2, -0.15) is 5.10 Å². The van der Waals surface area contributed by atoms with E-state index in [-0.39, 0.29) is 0 Å². The number of aliphatic hydroxyl groups excluding tert-OH is 1. The van der Waals surface area contributed by atoms with Crippen LogP contribution in [0.4, 0.5) is 5.69 Å². The fraction of sp³-hybridized carbons (Fsp3) is 0.357. The van der Waals surface area contributed by atoms with E-state index in [0.717, 1.165) is 18.5 Å². The Morgan fingerprint density at radius 3 is 2.63 bits per heavy atom. The average Bonchev–Trinajstić information content (AvgIpc) is 2.82. The van der Waals surface area contributed by atoms with Gasteiger partial charge in [0, 0.05) is 12.2 Å². The number of rotatable bonds is 5. The number of hydrogen-bond acceptors (Lipinski definition) is 4. The molecule has 0 aliphatic carbocycles. The third-order valence-corrected chi connectivity index (χ3v) is 3.01. The van der Waals surface area contributed by atoms with E-state index in [2.05, 4.69) is 12.0 Å². The van der Waals surface area contributed by atoms with Crippen LogP contribution in [0.15, 0.2) is 30.5 Å². The van der Waals surface area contributed by atoms with E-state index in [1.165, 1.54) is 0 Å². The zero-order chi connectivity index (χ0) is 13.8. The maximum absolute atomic E-state index is 10.5. The first kappa shape index (κ1) is 13.4. The van der Waals surface area contributed by atoms with Gasteiger partial charge in [-0.05, 0) is 24.1 Å². The molecular formula is C14H19N3O2. The van der Waals surface area contributed by atoms with E-state index in [0.29, 0.717) is 17.1 Å². The minimum Gasteiger partial charge on any atom is -0.493 e. The van der Waals surface area contributed by atoms with E-state index in [9.17, 15) is 5.11 Å². The molecule has 0 fully saturated rings. The van der Waals surface area contributed by atoms with Crippen molar-refractivity contribution >= 4 is 5.69 Å². The summed E-state index contributed by atoms with van der Waals surface area (Å²) < 4.78 is 7.05. The molecular weight excluding hydrogens is 242 g/mol. The number of anilines is 1. The summed E-state index contributed by atoms with van der Waals surface area (Å²) in [6, 6.07) is 7.16. The molecule has 0 saturated heterocycles. The second-order valence-corrected chi connectivity index (χ2v) is 4.39. The summed E-state index contributed by atoms with van der Waals surface area (Å²) in [4.78, 5) is 0. The van der Waals surface area contributed by atoms with Gasteiger partial charge in [0.1, 0.15) is 11.8 Å². The summed E-state index contributed by atoms with van der Waals surface area (Å²) in [7, 11) is 1.58. The van der Waals surface area contributed by atoms with Crippen LogP contribution in [-0.2, 0) is 6.54 Å². The molecule has 0 radical (unpaired) electrons. The number of ether oxygens (including phenoxy) is 1. The number of nitrogens with zero attached hydrogens (tertiary/aromatic N) is 2. The summed E-state index contributed by atoms with van der Waals surface area (Å²) in [6.45, 7) is 2.80. The molecule has 0 aliphatic heterocycles. The molecule has 0 aliphatic rings. The zero-order valence-electron chi connectivity index (χ0n) is 11.2. The van der Waals surface area contributed by atoms with Crippen molar-refractivity contribution in [2.24, 2.45) is 0 Å². The Hall–Kier alpha value is -2.01. The average molecular weight is 261 g/mol. The summed E-state index contributed by atoms with van der Waals surface area (Å²) in [6.07, 6.45) is 1.79. The van der Waals surface area contributed by atoms with Crippen LogP contribution in [0.2, 0.25) is 0 Å². The zero-order valence-corrected chi connectivity index (χ0v) is 11.2. The molecule has 0 amide bonds. The Bertz CT molecular complexity index is 534. The highest BCUT2D eigenvalue weighted by Gasteiger charge is 2.21. The first-order chi connectivity index (χ1) is 9.17. The lowest BCUT2D eigenvalue weighted by Gasteiger charge is -2.15. The predicted molar refractivity (Wildman–Crippen MR) is 74.0 cm³/mol. The van der Waals surface area contributed by atoms with Gasteiger partial charge in [0.2, 0.25) is 0 Å². The second kappa shape index (κ2) is 5.75. The number of nitrogens with two attached hydrogens (primary N) is 1. The lowest BCUT2D eigenvalue weighted by atomic mass is 10.1. The fourth-order valence-electron chi connectivity index (χ4n) is 2.04. The SMILES string of the molecule is CCCn1ncc(OC)c1C(O)c1ccc(N)cc1. The van der Waals surface area contributed by atoms with Gasteiger partial charge >= 0.3 is 0 Å². The van der Waals surface area contributed by atoms with Crippen LogP contribution >= 0.6 is 0 Å². The second-order valence-electron chi connectivity index (χ2n) is 4.39. The first-order valence-corrected chi connectivity index (χ1v) is 6.30. The lowest BCUT2D eigenvalue weighted by Crippen LogP contribution is -2.11. The number of aryl methyl sites for hydroxylation is 1. The molecule has 0 saturated carbocycles. The number of aliphatic hydroxyl groups is 1. The van der Waals surface area contributed by atoms with E-state index >= 15 is 0 Å². The van der Waals surface area contributed by atoms with Crippen LogP contribution in [-0.4, -0.2) is 22.0 Å². The first-order valence-electron chi connectivity index (χ1n) is 6.30. The molecule has 1 atom stereocenters. The number of hydrogen-bond donors (Lipinski definition) is 2. The Morgan fingerprint density at radius 2 is 2.05 bits per heavy atom. The van der Waals surface area contributed by atoms with Gasteiger partial charge in [0.25, 0.3) is 0 Å². The maximum atomic E-state index is 10.5. The molecule has 1 heterocycles. The Balaban J connectivity index is 2.38. The third-order valence-electron chi connectivity index (χ3n) is 3.01. The summed E-state index contributed by atoms with van der Waals surface area (Å²) in [5, 5.41) is 14.8. The van der Waals surface area contributed by atoms with Crippen LogP contribution in [0.25, 0.3) is 0 Å². The van der Waals surface area contributed by atoms with E-state index in [1.54, 1.807) is 30.1 Å². The fourth-order valence-corrected chi connectivity index (χ4v) is 2.04. The summed E-state index contributed by atoms with van der Waals surface area (Å²) in [5.74, 6) is 0.595. The largest absolute Gasteiger partial charge is 0.493 e. The van der Waals surface area contributed by atoms with Crippen molar-refractivity contribution in [1.29, 1.82) is 0 Å². The molecule has 0 bridgehead atoms. The Kier molecular flexibility index (Phi) is 4.06. The van der Waals surface area contributed by atoms with Gasteiger partial charge < -0.3 is 15.6 Å². The van der Waals surface area contributed by atoms with Gasteiger partial charge in [-0.3, -0.25) is 4.68 Å². The minimum atomic E-state index is -0.774. The monoisotopic (exact) mass is 261 g/mol.